The van der Waals surface area contributed by atoms with E-state index in [1.54, 1.807) is 11.3 Å². The molecule has 0 aromatic carbocycles. The molecule has 0 aliphatic heterocycles. The Morgan fingerprint density at radius 1 is 1.64 bits per heavy atom. The Bertz CT molecular complexity index is 334. The number of fused-ring (bicyclic) bond motifs is 1. The van der Waals surface area contributed by atoms with Gasteiger partial charge in [-0.2, -0.15) is 0 Å². The van der Waals surface area contributed by atoms with Crippen LogP contribution in [0.5, 0.6) is 0 Å². The second-order valence-corrected chi connectivity index (χ2v) is 5.15. The van der Waals surface area contributed by atoms with E-state index in [-0.39, 0.29) is 0 Å². The molecular formula is C11H17NOS. The van der Waals surface area contributed by atoms with E-state index in [2.05, 4.69) is 13.0 Å². The fourth-order valence-corrected chi connectivity index (χ4v) is 3.39. The number of nitrogens with two attached hydrogens (primary N) is 1. The van der Waals surface area contributed by atoms with Gasteiger partial charge in [0.2, 0.25) is 0 Å². The molecular weight excluding hydrogens is 194 g/mol. The fourth-order valence-electron chi connectivity index (χ4n) is 2.12. The van der Waals surface area contributed by atoms with Crippen molar-refractivity contribution in [1.29, 1.82) is 0 Å². The minimum atomic E-state index is -0.730. The average molecular weight is 211 g/mol. The van der Waals surface area contributed by atoms with Gasteiger partial charge in [-0.1, -0.05) is 6.92 Å². The number of aliphatic hydroxyl groups is 1. The van der Waals surface area contributed by atoms with Crippen LogP contribution in [0.2, 0.25) is 0 Å². The molecule has 1 aliphatic carbocycles. The Balaban J connectivity index is 2.43. The van der Waals surface area contributed by atoms with Crippen LogP contribution in [0.3, 0.4) is 0 Å². The van der Waals surface area contributed by atoms with E-state index in [0.29, 0.717) is 6.54 Å². The SMILES string of the molecule is CCc1cc2c(s1)C(O)(CN)CCC2. The van der Waals surface area contributed by atoms with E-state index in [0.717, 1.165) is 30.6 Å². The molecule has 1 aromatic heterocycles. The van der Waals surface area contributed by atoms with Gasteiger partial charge in [0.1, 0.15) is 5.60 Å². The standard InChI is InChI=1S/C11H17NOS/c1-2-9-6-8-4-3-5-11(13,7-12)10(8)14-9/h6,13H,2-5,7,12H2,1H3. The summed E-state index contributed by atoms with van der Waals surface area (Å²) in [5.74, 6) is 0. The number of aryl methyl sites for hydroxylation is 2. The third kappa shape index (κ3) is 1.49. The first-order valence-corrected chi connectivity index (χ1v) is 6.06. The van der Waals surface area contributed by atoms with Crippen LogP contribution in [-0.2, 0) is 18.4 Å². The number of thiophene rings is 1. The Morgan fingerprint density at radius 3 is 3.07 bits per heavy atom. The van der Waals surface area contributed by atoms with E-state index in [4.69, 9.17) is 5.73 Å². The highest BCUT2D eigenvalue weighted by molar-refractivity contribution is 7.12. The van der Waals surface area contributed by atoms with Crippen molar-refractivity contribution in [3.63, 3.8) is 0 Å². The van der Waals surface area contributed by atoms with Crippen molar-refractivity contribution < 1.29 is 5.11 Å². The largest absolute Gasteiger partial charge is 0.383 e. The lowest BCUT2D eigenvalue weighted by atomic mass is 9.85. The summed E-state index contributed by atoms with van der Waals surface area (Å²) in [5.41, 5.74) is 6.25. The van der Waals surface area contributed by atoms with Gasteiger partial charge in [-0.25, -0.2) is 0 Å². The summed E-state index contributed by atoms with van der Waals surface area (Å²) in [4.78, 5) is 2.49. The summed E-state index contributed by atoms with van der Waals surface area (Å²) >= 11 is 1.74. The first kappa shape index (κ1) is 10.1. The first-order valence-electron chi connectivity index (χ1n) is 5.24. The molecule has 2 rings (SSSR count). The second-order valence-electron chi connectivity index (χ2n) is 4.01. The fraction of sp³-hybridized carbons (Fsp3) is 0.636. The average Bonchev–Trinajstić information content (AvgIpc) is 2.62. The molecule has 14 heavy (non-hydrogen) atoms. The van der Waals surface area contributed by atoms with E-state index in [1.807, 2.05) is 0 Å². The van der Waals surface area contributed by atoms with Gasteiger partial charge in [-0.3, -0.25) is 0 Å². The maximum atomic E-state index is 10.3. The van der Waals surface area contributed by atoms with Gasteiger partial charge in [0.25, 0.3) is 0 Å². The Hall–Kier alpha value is -0.380. The molecule has 0 bridgehead atoms. The zero-order chi connectivity index (χ0) is 10.2. The molecule has 3 N–H and O–H groups in total. The molecule has 3 heteroatoms. The van der Waals surface area contributed by atoms with Gasteiger partial charge in [0.15, 0.2) is 0 Å². The summed E-state index contributed by atoms with van der Waals surface area (Å²) < 4.78 is 0. The third-order valence-corrected chi connectivity index (χ3v) is 4.52. The summed E-state index contributed by atoms with van der Waals surface area (Å²) in [6.45, 7) is 2.50. The normalized spacial score (nSPS) is 26.2. The predicted molar refractivity (Wildman–Crippen MR) is 59.6 cm³/mol. The molecule has 0 saturated heterocycles. The molecule has 1 aliphatic rings. The summed E-state index contributed by atoms with van der Waals surface area (Å²) in [6, 6.07) is 2.24. The quantitative estimate of drug-likeness (QED) is 0.783. The molecule has 1 aromatic rings. The smallest absolute Gasteiger partial charge is 0.111 e. The zero-order valence-corrected chi connectivity index (χ0v) is 9.36. The van der Waals surface area contributed by atoms with E-state index in [9.17, 15) is 5.11 Å². The van der Waals surface area contributed by atoms with E-state index < -0.39 is 5.60 Å². The van der Waals surface area contributed by atoms with Crippen LogP contribution in [0.25, 0.3) is 0 Å². The molecule has 0 spiro atoms. The van der Waals surface area contributed by atoms with Crippen LogP contribution in [0, 0.1) is 0 Å². The molecule has 0 amide bonds. The van der Waals surface area contributed by atoms with Crippen molar-refractivity contribution in [2.75, 3.05) is 6.54 Å². The highest BCUT2D eigenvalue weighted by Gasteiger charge is 2.34. The third-order valence-electron chi connectivity index (χ3n) is 3.01. The topological polar surface area (TPSA) is 46.2 Å². The van der Waals surface area contributed by atoms with Gasteiger partial charge >= 0.3 is 0 Å². The van der Waals surface area contributed by atoms with Crippen molar-refractivity contribution in [3.8, 4) is 0 Å². The molecule has 0 fully saturated rings. The van der Waals surface area contributed by atoms with Crippen LogP contribution >= 0.6 is 11.3 Å². The highest BCUT2D eigenvalue weighted by atomic mass is 32.1. The maximum Gasteiger partial charge on any atom is 0.111 e. The van der Waals surface area contributed by atoms with Crippen molar-refractivity contribution in [2.45, 2.75) is 38.2 Å². The first-order chi connectivity index (χ1) is 6.69. The minimum Gasteiger partial charge on any atom is -0.383 e. The van der Waals surface area contributed by atoms with Crippen LogP contribution in [-0.4, -0.2) is 11.7 Å². The van der Waals surface area contributed by atoms with Gasteiger partial charge in [0, 0.05) is 16.3 Å². The van der Waals surface area contributed by atoms with E-state index in [1.165, 1.54) is 10.4 Å². The lowest BCUT2D eigenvalue weighted by molar-refractivity contribution is 0.0320. The molecule has 78 valence electrons. The zero-order valence-electron chi connectivity index (χ0n) is 8.55. The number of rotatable bonds is 2. The van der Waals surface area contributed by atoms with Gasteiger partial charge in [-0.05, 0) is 37.3 Å². The molecule has 2 nitrogen and oxygen atoms in total. The summed E-state index contributed by atoms with van der Waals surface area (Å²) in [6.07, 6.45) is 4.03. The molecule has 0 radical (unpaired) electrons. The van der Waals surface area contributed by atoms with Crippen molar-refractivity contribution in [3.05, 3.63) is 21.4 Å². The van der Waals surface area contributed by atoms with Crippen molar-refractivity contribution >= 4 is 11.3 Å². The lowest BCUT2D eigenvalue weighted by Gasteiger charge is -2.30. The molecule has 1 heterocycles. The van der Waals surface area contributed by atoms with E-state index >= 15 is 0 Å². The highest BCUT2D eigenvalue weighted by Crippen LogP contribution is 2.40. The Kier molecular flexibility index (Phi) is 2.64. The van der Waals surface area contributed by atoms with Crippen LogP contribution < -0.4 is 5.73 Å². The van der Waals surface area contributed by atoms with Gasteiger partial charge in [0.05, 0.1) is 0 Å². The molecule has 1 atom stereocenters. The van der Waals surface area contributed by atoms with Gasteiger partial charge in [-0.15, -0.1) is 11.3 Å². The van der Waals surface area contributed by atoms with Crippen LogP contribution in [0.4, 0.5) is 0 Å². The predicted octanol–water partition coefficient (Wildman–Crippen LogP) is 1.79. The van der Waals surface area contributed by atoms with Crippen LogP contribution in [0.15, 0.2) is 6.07 Å². The Morgan fingerprint density at radius 2 is 2.43 bits per heavy atom. The second kappa shape index (κ2) is 3.65. The molecule has 0 saturated carbocycles. The monoisotopic (exact) mass is 211 g/mol. The summed E-state index contributed by atoms with van der Waals surface area (Å²) in [5, 5.41) is 10.3. The number of hydrogen-bond donors (Lipinski definition) is 2. The minimum absolute atomic E-state index is 0.351. The van der Waals surface area contributed by atoms with Crippen molar-refractivity contribution in [2.24, 2.45) is 5.73 Å². The lowest BCUT2D eigenvalue weighted by Crippen LogP contribution is -2.36. The van der Waals surface area contributed by atoms with Gasteiger partial charge < -0.3 is 10.8 Å². The Labute approximate surface area is 88.8 Å². The van der Waals surface area contributed by atoms with Crippen molar-refractivity contribution in [1.82, 2.24) is 0 Å². The number of hydrogen-bond acceptors (Lipinski definition) is 3. The molecule has 1 unspecified atom stereocenters. The summed E-state index contributed by atoms with van der Waals surface area (Å²) in [7, 11) is 0. The maximum absolute atomic E-state index is 10.3. The van der Waals surface area contributed by atoms with Crippen LogP contribution in [0.1, 0.15) is 35.1 Å².